The molecule has 6 nitrogen and oxygen atoms in total. The quantitative estimate of drug-likeness (QED) is 0.633. The van der Waals surface area contributed by atoms with E-state index in [1.165, 1.54) is 11.3 Å². The van der Waals surface area contributed by atoms with Gasteiger partial charge in [-0.05, 0) is 12.8 Å². The van der Waals surface area contributed by atoms with Gasteiger partial charge >= 0.3 is 0 Å². The number of ether oxygens (including phenoxy) is 1. The Bertz CT molecular complexity index is 367. The molecule has 0 aromatic carbocycles. The van der Waals surface area contributed by atoms with Gasteiger partial charge in [-0.2, -0.15) is 0 Å². The summed E-state index contributed by atoms with van der Waals surface area (Å²) in [6.07, 6.45) is 1.81. The maximum absolute atomic E-state index is 11.7. The number of aromatic nitrogens is 1. The minimum Gasteiger partial charge on any atom is -0.385 e. The van der Waals surface area contributed by atoms with Crippen LogP contribution in [-0.4, -0.2) is 38.2 Å². The average Bonchev–Trinajstić information content (AvgIpc) is 2.70. The second-order valence-corrected chi connectivity index (χ2v) is 4.44. The zero-order valence-electron chi connectivity index (χ0n) is 10.1. The standard InChI is InChI=1S/C10H18N4O2S/c1-12-10-14-8(11)7(17-10)9(15)13-5-3-4-6-16-2/h3-6,11H2,1-2H3,(H,12,14)(H,13,15). The second-order valence-electron chi connectivity index (χ2n) is 3.44. The lowest BCUT2D eigenvalue weighted by atomic mass is 10.3. The third kappa shape index (κ3) is 4.20. The first-order valence-electron chi connectivity index (χ1n) is 5.40. The highest BCUT2D eigenvalue weighted by Crippen LogP contribution is 2.24. The lowest BCUT2D eigenvalue weighted by Gasteiger charge is -2.03. The number of carbonyl (C=O) groups is 1. The summed E-state index contributed by atoms with van der Waals surface area (Å²) in [5.41, 5.74) is 5.65. The lowest BCUT2D eigenvalue weighted by Crippen LogP contribution is -2.24. The molecule has 0 saturated carbocycles. The number of nitrogens with one attached hydrogen (secondary N) is 2. The molecule has 0 aliphatic heterocycles. The van der Waals surface area contributed by atoms with Gasteiger partial charge in [0.1, 0.15) is 10.7 Å². The number of hydrogen-bond donors (Lipinski definition) is 3. The Hall–Kier alpha value is -1.34. The second kappa shape index (κ2) is 7.08. The van der Waals surface area contributed by atoms with Gasteiger partial charge in [-0.25, -0.2) is 4.98 Å². The summed E-state index contributed by atoms with van der Waals surface area (Å²) in [5, 5.41) is 6.31. The molecule has 7 heteroatoms. The minimum atomic E-state index is -0.168. The third-order valence-corrected chi connectivity index (χ3v) is 3.22. The number of hydrogen-bond acceptors (Lipinski definition) is 6. The fraction of sp³-hybridized carbons (Fsp3) is 0.600. The average molecular weight is 258 g/mol. The van der Waals surface area contributed by atoms with Crippen LogP contribution in [0.25, 0.3) is 0 Å². The molecule has 0 bridgehead atoms. The van der Waals surface area contributed by atoms with Gasteiger partial charge in [0.2, 0.25) is 0 Å². The van der Waals surface area contributed by atoms with Gasteiger partial charge in [-0.15, -0.1) is 0 Å². The van der Waals surface area contributed by atoms with Crippen molar-refractivity contribution in [2.45, 2.75) is 12.8 Å². The van der Waals surface area contributed by atoms with E-state index in [4.69, 9.17) is 10.5 Å². The fourth-order valence-corrected chi connectivity index (χ4v) is 2.01. The lowest BCUT2D eigenvalue weighted by molar-refractivity contribution is 0.0956. The summed E-state index contributed by atoms with van der Waals surface area (Å²) < 4.78 is 4.92. The molecule has 1 amide bonds. The van der Waals surface area contributed by atoms with Gasteiger partial charge in [0.25, 0.3) is 5.91 Å². The molecule has 0 radical (unpaired) electrons. The largest absolute Gasteiger partial charge is 0.385 e. The molecular weight excluding hydrogens is 240 g/mol. The van der Waals surface area contributed by atoms with Crippen LogP contribution in [0.1, 0.15) is 22.5 Å². The van der Waals surface area contributed by atoms with Gasteiger partial charge in [0.15, 0.2) is 5.13 Å². The number of methoxy groups -OCH3 is 1. The van der Waals surface area contributed by atoms with Crippen molar-refractivity contribution in [1.29, 1.82) is 0 Å². The van der Waals surface area contributed by atoms with E-state index < -0.39 is 0 Å². The molecule has 0 atom stereocenters. The number of amides is 1. The minimum absolute atomic E-state index is 0.168. The van der Waals surface area contributed by atoms with E-state index in [0.717, 1.165) is 12.8 Å². The van der Waals surface area contributed by atoms with E-state index in [-0.39, 0.29) is 11.7 Å². The number of carbonyl (C=O) groups excluding carboxylic acids is 1. The van der Waals surface area contributed by atoms with Gasteiger partial charge in [-0.1, -0.05) is 11.3 Å². The van der Waals surface area contributed by atoms with Crippen LogP contribution in [-0.2, 0) is 4.74 Å². The van der Waals surface area contributed by atoms with Crippen LogP contribution in [0, 0.1) is 0 Å². The Balaban J connectivity index is 2.38. The Morgan fingerprint density at radius 2 is 2.29 bits per heavy atom. The van der Waals surface area contributed by atoms with E-state index >= 15 is 0 Å². The summed E-state index contributed by atoms with van der Waals surface area (Å²) in [5.74, 6) is 0.104. The molecule has 0 unspecified atom stereocenters. The summed E-state index contributed by atoms with van der Waals surface area (Å²) in [6.45, 7) is 1.33. The molecule has 1 heterocycles. The number of thiazole rings is 1. The first kappa shape index (κ1) is 13.7. The van der Waals surface area contributed by atoms with Crippen molar-refractivity contribution >= 4 is 28.2 Å². The molecule has 1 rings (SSSR count). The van der Waals surface area contributed by atoms with Crippen molar-refractivity contribution in [3.8, 4) is 0 Å². The smallest absolute Gasteiger partial charge is 0.265 e. The normalized spacial score (nSPS) is 10.2. The predicted molar refractivity (Wildman–Crippen MR) is 69.5 cm³/mol. The highest BCUT2D eigenvalue weighted by atomic mass is 32.1. The topological polar surface area (TPSA) is 89.3 Å². The van der Waals surface area contributed by atoms with Gasteiger partial charge < -0.3 is 21.1 Å². The molecule has 0 saturated heterocycles. The molecule has 0 fully saturated rings. The summed E-state index contributed by atoms with van der Waals surface area (Å²) >= 11 is 1.25. The zero-order chi connectivity index (χ0) is 12.7. The van der Waals surface area contributed by atoms with Crippen molar-refractivity contribution in [1.82, 2.24) is 10.3 Å². The molecular formula is C10H18N4O2S. The van der Waals surface area contributed by atoms with Crippen LogP contribution in [0.5, 0.6) is 0 Å². The van der Waals surface area contributed by atoms with Crippen molar-refractivity contribution in [3.05, 3.63) is 4.88 Å². The summed E-state index contributed by atoms with van der Waals surface area (Å²) in [4.78, 5) is 16.2. The van der Waals surface area contributed by atoms with Crippen molar-refractivity contribution in [2.24, 2.45) is 0 Å². The number of rotatable bonds is 7. The molecule has 0 aliphatic rings. The number of nitrogen functional groups attached to an aromatic ring is 1. The van der Waals surface area contributed by atoms with E-state index in [1.54, 1.807) is 14.2 Å². The molecule has 0 spiro atoms. The van der Waals surface area contributed by atoms with Gasteiger partial charge in [-0.3, -0.25) is 4.79 Å². The van der Waals surface area contributed by atoms with Crippen LogP contribution < -0.4 is 16.4 Å². The first-order chi connectivity index (χ1) is 8.19. The maximum Gasteiger partial charge on any atom is 0.265 e. The summed E-state index contributed by atoms with van der Waals surface area (Å²) in [7, 11) is 3.40. The highest BCUT2D eigenvalue weighted by molar-refractivity contribution is 7.18. The zero-order valence-corrected chi connectivity index (χ0v) is 10.9. The molecule has 0 aliphatic carbocycles. The van der Waals surface area contributed by atoms with Crippen molar-refractivity contribution in [3.63, 3.8) is 0 Å². The van der Waals surface area contributed by atoms with Gasteiger partial charge in [0, 0.05) is 27.3 Å². The number of nitrogens with zero attached hydrogens (tertiary/aromatic N) is 1. The van der Waals surface area contributed by atoms with Crippen LogP contribution in [0.3, 0.4) is 0 Å². The van der Waals surface area contributed by atoms with Crippen LogP contribution in [0.15, 0.2) is 0 Å². The summed E-state index contributed by atoms with van der Waals surface area (Å²) in [6, 6.07) is 0. The Labute approximate surface area is 105 Å². The third-order valence-electron chi connectivity index (χ3n) is 2.13. The maximum atomic E-state index is 11.7. The fourth-order valence-electron chi connectivity index (χ4n) is 1.26. The number of nitrogens with two attached hydrogens (primary N) is 1. The predicted octanol–water partition coefficient (Wildman–Crippen LogP) is 0.923. The van der Waals surface area contributed by atoms with Crippen molar-refractivity contribution < 1.29 is 9.53 Å². The molecule has 4 N–H and O–H groups in total. The monoisotopic (exact) mass is 258 g/mol. The van der Waals surface area contributed by atoms with Crippen LogP contribution >= 0.6 is 11.3 Å². The Morgan fingerprint density at radius 1 is 1.53 bits per heavy atom. The van der Waals surface area contributed by atoms with E-state index in [1.807, 2.05) is 0 Å². The molecule has 96 valence electrons. The molecule has 1 aromatic heterocycles. The van der Waals surface area contributed by atoms with E-state index in [9.17, 15) is 4.79 Å². The van der Waals surface area contributed by atoms with E-state index in [2.05, 4.69) is 15.6 Å². The molecule has 17 heavy (non-hydrogen) atoms. The molecule has 1 aromatic rings. The van der Waals surface area contributed by atoms with Crippen molar-refractivity contribution in [2.75, 3.05) is 38.4 Å². The van der Waals surface area contributed by atoms with E-state index in [0.29, 0.717) is 23.2 Å². The van der Waals surface area contributed by atoms with Crippen LogP contribution in [0.2, 0.25) is 0 Å². The highest BCUT2D eigenvalue weighted by Gasteiger charge is 2.14. The Morgan fingerprint density at radius 3 is 2.88 bits per heavy atom. The number of anilines is 2. The number of unbranched alkanes of at least 4 members (excludes halogenated alkanes) is 1. The Kier molecular flexibility index (Phi) is 5.71. The van der Waals surface area contributed by atoms with Crippen LogP contribution in [0.4, 0.5) is 10.9 Å². The van der Waals surface area contributed by atoms with Gasteiger partial charge in [0.05, 0.1) is 0 Å². The SMILES string of the molecule is CNc1nc(N)c(C(=O)NCCCCOC)s1. The first-order valence-corrected chi connectivity index (χ1v) is 6.22.